The topological polar surface area (TPSA) is 128 Å². The van der Waals surface area contributed by atoms with Gasteiger partial charge in [0, 0.05) is 41.3 Å². The molecule has 0 bridgehead atoms. The lowest BCUT2D eigenvalue weighted by Crippen LogP contribution is -2.55. The number of hydrogen-bond acceptors (Lipinski definition) is 6. The minimum Gasteiger partial charge on any atom is -0.336 e. The van der Waals surface area contributed by atoms with Crippen LogP contribution in [0.15, 0.2) is 60.0 Å². The lowest BCUT2D eigenvalue weighted by molar-refractivity contribution is -0.143. The van der Waals surface area contributed by atoms with E-state index in [-0.39, 0.29) is 31.1 Å². The third-order valence-electron chi connectivity index (χ3n) is 7.40. The summed E-state index contributed by atoms with van der Waals surface area (Å²) < 4.78 is 28.2. The zero-order valence-corrected chi connectivity index (χ0v) is 25.2. The number of hydrogen-bond donors (Lipinski definition) is 3. The molecule has 2 aromatic carbocycles. The molecule has 3 heterocycles. The number of amides is 4. The van der Waals surface area contributed by atoms with Crippen molar-refractivity contribution in [3.8, 4) is 0 Å². The molecule has 3 N–H and O–H groups in total. The van der Waals surface area contributed by atoms with Crippen LogP contribution in [0.5, 0.6) is 0 Å². The molecule has 4 amide bonds. The van der Waals surface area contributed by atoms with Crippen molar-refractivity contribution in [3.63, 3.8) is 0 Å². The van der Waals surface area contributed by atoms with Crippen LogP contribution in [0.3, 0.4) is 0 Å². The highest BCUT2D eigenvalue weighted by atomic mass is 35.5. The SMILES string of the molecule is O=C(NC[C@@H]1CCCN1C(=O)CN1CCC[C@H](NS(=O)(=O)C=Cc2ccc(Cl)s2)C1=O)Nc1cccc2ccccc12. The molecule has 0 spiro atoms. The van der Waals surface area contributed by atoms with Crippen LogP contribution < -0.4 is 15.4 Å². The number of rotatable bonds is 9. The van der Waals surface area contributed by atoms with Crippen molar-refractivity contribution in [2.45, 2.75) is 37.8 Å². The average molecular weight is 630 g/mol. The molecule has 0 aliphatic carbocycles. The number of nitrogens with one attached hydrogen (secondary N) is 3. The van der Waals surface area contributed by atoms with Crippen molar-refractivity contribution >= 4 is 73.3 Å². The number of carbonyl (C=O) groups excluding carboxylic acids is 3. The van der Waals surface area contributed by atoms with Crippen molar-refractivity contribution in [1.29, 1.82) is 0 Å². The number of halogens is 1. The predicted molar refractivity (Wildman–Crippen MR) is 166 cm³/mol. The Morgan fingerprint density at radius 1 is 1.02 bits per heavy atom. The molecular weight excluding hydrogens is 598 g/mol. The summed E-state index contributed by atoms with van der Waals surface area (Å²) in [7, 11) is -3.89. The normalized spacial score (nSPS) is 19.5. The van der Waals surface area contributed by atoms with Gasteiger partial charge in [-0.2, -0.15) is 4.72 Å². The number of anilines is 1. The molecule has 2 aliphatic heterocycles. The minimum absolute atomic E-state index is 0.140. The Labute approximate surface area is 253 Å². The van der Waals surface area contributed by atoms with E-state index in [1.807, 2.05) is 42.5 Å². The first kappa shape index (κ1) is 30.0. The summed E-state index contributed by atoms with van der Waals surface area (Å²) in [6.45, 7) is 1.04. The van der Waals surface area contributed by atoms with Crippen LogP contribution in [0.2, 0.25) is 4.34 Å². The number of sulfonamides is 1. The fourth-order valence-corrected chi connectivity index (χ4v) is 7.43. The standard InChI is InChI=1S/C29H32ClN5O5S2/c30-26-13-12-22(41-26)14-17-42(39,40)33-25-11-5-15-34(28(25)37)19-27(36)35-16-4-8-21(35)18-31-29(38)32-24-10-3-7-20-6-1-2-9-23(20)24/h1-3,6-7,9-10,12-14,17,21,25,33H,4-5,8,11,15-16,18-19H2,(H2,31,32,38)/t21-,25-/m0/s1. The molecule has 2 saturated heterocycles. The fraction of sp³-hybridized carbons (Fsp3) is 0.345. The zero-order chi connectivity index (χ0) is 29.7. The number of carbonyl (C=O) groups is 3. The monoisotopic (exact) mass is 629 g/mol. The van der Waals surface area contributed by atoms with Gasteiger partial charge >= 0.3 is 6.03 Å². The first-order chi connectivity index (χ1) is 20.2. The zero-order valence-electron chi connectivity index (χ0n) is 22.8. The van der Waals surface area contributed by atoms with E-state index in [4.69, 9.17) is 11.6 Å². The predicted octanol–water partition coefficient (Wildman–Crippen LogP) is 4.25. The quantitative estimate of drug-likeness (QED) is 0.326. The molecule has 0 unspecified atom stereocenters. The summed E-state index contributed by atoms with van der Waals surface area (Å²) in [5, 5.41) is 8.74. The van der Waals surface area contributed by atoms with Crippen LogP contribution in [0.1, 0.15) is 30.6 Å². The number of fused-ring (bicyclic) bond motifs is 1. The van der Waals surface area contributed by atoms with Crippen molar-refractivity contribution < 1.29 is 22.8 Å². The molecule has 10 nitrogen and oxygen atoms in total. The average Bonchev–Trinajstić information content (AvgIpc) is 3.62. The van der Waals surface area contributed by atoms with Crippen molar-refractivity contribution in [1.82, 2.24) is 19.8 Å². The fourth-order valence-electron chi connectivity index (χ4n) is 5.36. The first-order valence-corrected chi connectivity index (χ1v) is 16.5. The third-order valence-corrected chi connectivity index (χ3v) is 9.71. The second-order valence-corrected chi connectivity index (χ2v) is 13.7. The Hall–Kier alpha value is -3.45. The Kier molecular flexibility index (Phi) is 9.47. The highest BCUT2D eigenvalue weighted by molar-refractivity contribution is 7.92. The van der Waals surface area contributed by atoms with Crippen molar-refractivity contribution in [3.05, 3.63) is 69.2 Å². The Morgan fingerprint density at radius 2 is 1.81 bits per heavy atom. The Balaban J connectivity index is 1.13. The summed E-state index contributed by atoms with van der Waals surface area (Å²) in [6.07, 6.45) is 3.87. The summed E-state index contributed by atoms with van der Waals surface area (Å²) in [5.74, 6) is -0.644. The number of thiophene rings is 1. The van der Waals surface area contributed by atoms with Gasteiger partial charge < -0.3 is 20.4 Å². The van der Waals surface area contributed by atoms with Crippen LogP contribution >= 0.6 is 22.9 Å². The molecule has 2 fully saturated rings. The highest BCUT2D eigenvalue weighted by Gasteiger charge is 2.35. The number of benzene rings is 2. The van der Waals surface area contributed by atoms with E-state index in [9.17, 15) is 22.8 Å². The van der Waals surface area contributed by atoms with Gasteiger partial charge in [0.05, 0.1) is 16.6 Å². The number of piperidine rings is 1. The molecule has 13 heteroatoms. The Bertz CT molecular complexity index is 1600. The van der Waals surface area contributed by atoms with Crippen LogP contribution in [-0.4, -0.2) is 74.3 Å². The summed E-state index contributed by atoms with van der Waals surface area (Å²) in [6, 6.07) is 15.4. The maximum absolute atomic E-state index is 13.2. The highest BCUT2D eigenvalue weighted by Crippen LogP contribution is 2.24. The molecule has 42 heavy (non-hydrogen) atoms. The largest absolute Gasteiger partial charge is 0.336 e. The molecule has 2 atom stereocenters. The third kappa shape index (κ3) is 7.49. The van der Waals surface area contributed by atoms with Crippen molar-refractivity contribution in [2.75, 3.05) is 31.5 Å². The number of urea groups is 1. The van der Waals surface area contributed by atoms with E-state index in [0.717, 1.165) is 29.0 Å². The van der Waals surface area contributed by atoms with Gasteiger partial charge in [0.2, 0.25) is 21.8 Å². The van der Waals surface area contributed by atoms with Gasteiger partial charge in [-0.05, 0) is 55.3 Å². The minimum atomic E-state index is -3.89. The lowest BCUT2D eigenvalue weighted by Gasteiger charge is -2.34. The smallest absolute Gasteiger partial charge is 0.319 e. The molecule has 2 aliphatic rings. The molecule has 1 aromatic heterocycles. The molecule has 3 aromatic rings. The molecule has 5 rings (SSSR count). The van der Waals surface area contributed by atoms with Crippen molar-refractivity contribution in [2.24, 2.45) is 0 Å². The Morgan fingerprint density at radius 3 is 2.62 bits per heavy atom. The van der Waals surface area contributed by atoms with Crippen LogP contribution in [-0.2, 0) is 19.6 Å². The maximum atomic E-state index is 13.2. The molecule has 0 saturated carbocycles. The van der Waals surface area contributed by atoms with Gasteiger partial charge in [0.25, 0.3) is 0 Å². The summed E-state index contributed by atoms with van der Waals surface area (Å²) in [4.78, 5) is 42.8. The summed E-state index contributed by atoms with van der Waals surface area (Å²) in [5.41, 5.74) is 0.699. The van der Waals surface area contributed by atoms with Gasteiger partial charge in [-0.25, -0.2) is 13.2 Å². The molecular formula is C29H32ClN5O5S2. The first-order valence-electron chi connectivity index (χ1n) is 13.8. The van der Waals surface area contributed by atoms with E-state index in [0.29, 0.717) is 40.8 Å². The van der Waals surface area contributed by atoms with Crippen LogP contribution in [0, 0.1) is 0 Å². The second kappa shape index (κ2) is 13.2. The van der Waals surface area contributed by atoms with Crippen LogP contribution in [0.25, 0.3) is 16.8 Å². The lowest BCUT2D eigenvalue weighted by atomic mass is 10.1. The van der Waals surface area contributed by atoms with Gasteiger partial charge in [0.1, 0.15) is 6.04 Å². The van der Waals surface area contributed by atoms with Gasteiger partial charge in [0.15, 0.2) is 0 Å². The second-order valence-electron chi connectivity index (χ2n) is 10.3. The van der Waals surface area contributed by atoms with E-state index in [1.54, 1.807) is 17.0 Å². The van der Waals surface area contributed by atoms with Gasteiger partial charge in [-0.1, -0.05) is 48.0 Å². The van der Waals surface area contributed by atoms with E-state index in [2.05, 4.69) is 15.4 Å². The molecule has 222 valence electrons. The summed E-state index contributed by atoms with van der Waals surface area (Å²) >= 11 is 7.14. The molecule has 0 radical (unpaired) electrons. The van der Waals surface area contributed by atoms with E-state index < -0.39 is 22.0 Å². The number of nitrogens with zero attached hydrogens (tertiary/aromatic N) is 2. The van der Waals surface area contributed by atoms with Gasteiger partial charge in [-0.3, -0.25) is 9.59 Å². The van der Waals surface area contributed by atoms with Gasteiger partial charge in [-0.15, -0.1) is 11.3 Å². The van der Waals surface area contributed by atoms with E-state index >= 15 is 0 Å². The van der Waals surface area contributed by atoms with Crippen LogP contribution in [0.4, 0.5) is 10.5 Å². The maximum Gasteiger partial charge on any atom is 0.319 e. The van der Waals surface area contributed by atoms with E-state index in [1.165, 1.54) is 22.3 Å². The number of likely N-dealkylation sites (tertiary alicyclic amines) is 2.